The highest BCUT2D eigenvalue weighted by molar-refractivity contribution is 5.94. The number of nitrogens with zero attached hydrogens (tertiary/aromatic N) is 2. The molecule has 1 aromatic rings. The normalized spacial score (nSPS) is 26.9. The lowest BCUT2D eigenvalue weighted by Gasteiger charge is -2.38. The Balaban J connectivity index is 1.73. The Bertz CT molecular complexity index is 576. The summed E-state index contributed by atoms with van der Waals surface area (Å²) in [6.45, 7) is 8.55. The molecule has 2 atom stereocenters. The lowest BCUT2D eigenvalue weighted by Crippen LogP contribution is -2.44. The maximum Gasteiger partial charge on any atom is 0.274 e. The highest BCUT2D eigenvalue weighted by atomic mass is 16.5. The lowest BCUT2D eigenvalue weighted by atomic mass is 9.81. The third-order valence-corrected chi connectivity index (χ3v) is 5.19. The zero-order chi connectivity index (χ0) is 16.6. The second-order valence-electron chi connectivity index (χ2n) is 7.29. The van der Waals surface area contributed by atoms with E-state index in [1.807, 2.05) is 18.7 Å². The number of H-pyrrole nitrogens is 1. The summed E-state index contributed by atoms with van der Waals surface area (Å²) in [5.41, 5.74) is 2.74. The van der Waals surface area contributed by atoms with Crippen LogP contribution in [0, 0.1) is 5.41 Å². The van der Waals surface area contributed by atoms with Gasteiger partial charge in [-0.2, -0.15) is 5.10 Å². The van der Waals surface area contributed by atoms with Gasteiger partial charge in [-0.3, -0.25) is 9.89 Å². The van der Waals surface area contributed by atoms with Crippen molar-refractivity contribution in [1.82, 2.24) is 15.1 Å². The number of fused-ring (bicyclic) bond motifs is 1. The third kappa shape index (κ3) is 3.15. The predicted molar refractivity (Wildman–Crippen MR) is 86.4 cm³/mol. The van der Waals surface area contributed by atoms with Crippen molar-refractivity contribution in [3.63, 3.8) is 0 Å². The van der Waals surface area contributed by atoms with E-state index in [2.05, 4.69) is 17.1 Å². The van der Waals surface area contributed by atoms with Crippen molar-refractivity contribution in [2.75, 3.05) is 26.8 Å². The van der Waals surface area contributed by atoms with Crippen molar-refractivity contribution < 1.29 is 14.3 Å². The van der Waals surface area contributed by atoms with Crippen LogP contribution in [0.15, 0.2) is 0 Å². The summed E-state index contributed by atoms with van der Waals surface area (Å²) in [6, 6.07) is 0. The molecule has 2 aliphatic heterocycles. The summed E-state index contributed by atoms with van der Waals surface area (Å²) in [5.74, 6) is 0.0447. The summed E-state index contributed by atoms with van der Waals surface area (Å²) < 4.78 is 11.1. The van der Waals surface area contributed by atoms with Crippen LogP contribution in [-0.4, -0.2) is 53.9 Å². The lowest BCUT2D eigenvalue weighted by molar-refractivity contribution is -0.00708. The first-order valence-corrected chi connectivity index (χ1v) is 8.44. The Kier molecular flexibility index (Phi) is 4.47. The molecule has 0 spiro atoms. The molecule has 3 heterocycles. The van der Waals surface area contributed by atoms with E-state index in [-0.39, 0.29) is 23.5 Å². The number of hydrogen-bond acceptors (Lipinski definition) is 4. The van der Waals surface area contributed by atoms with Gasteiger partial charge >= 0.3 is 0 Å². The number of likely N-dealkylation sites (tertiary alicyclic amines) is 1. The summed E-state index contributed by atoms with van der Waals surface area (Å²) in [5, 5.41) is 7.32. The molecule has 0 aromatic carbocycles. The van der Waals surface area contributed by atoms with Gasteiger partial charge in [-0.1, -0.05) is 6.92 Å². The van der Waals surface area contributed by atoms with Crippen molar-refractivity contribution in [3.8, 4) is 0 Å². The second kappa shape index (κ2) is 6.24. The molecule has 0 radical (unpaired) electrons. The number of methoxy groups -OCH3 is 1. The monoisotopic (exact) mass is 321 g/mol. The quantitative estimate of drug-likeness (QED) is 0.928. The van der Waals surface area contributed by atoms with Gasteiger partial charge in [0.1, 0.15) is 0 Å². The van der Waals surface area contributed by atoms with Crippen molar-refractivity contribution in [1.29, 1.82) is 0 Å². The minimum absolute atomic E-state index is 0.0332. The fraction of sp³-hybridized carbons (Fsp3) is 0.765. The van der Waals surface area contributed by atoms with E-state index in [0.717, 1.165) is 50.2 Å². The first-order chi connectivity index (χ1) is 10.9. The van der Waals surface area contributed by atoms with Crippen LogP contribution in [-0.2, 0) is 15.9 Å². The van der Waals surface area contributed by atoms with Gasteiger partial charge in [-0.25, -0.2) is 0 Å². The number of hydrogen-bond donors (Lipinski definition) is 1. The van der Waals surface area contributed by atoms with E-state index < -0.39 is 0 Å². The Morgan fingerprint density at radius 1 is 1.43 bits per heavy atom. The van der Waals surface area contributed by atoms with Gasteiger partial charge in [0, 0.05) is 32.2 Å². The minimum atomic E-state index is -0.0332. The van der Waals surface area contributed by atoms with Crippen LogP contribution in [0.4, 0.5) is 0 Å². The molecule has 6 heteroatoms. The molecule has 1 amide bonds. The average molecular weight is 321 g/mol. The Labute approximate surface area is 137 Å². The van der Waals surface area contributed by atoms with Crippen LogP contribution in [0.3, 0.4) is 0 Å². The second-order valence-corrected chi connectivity index (χ2v) is 7.29. The Hall–Kier alpha value is -1.40. The molecule has 0 saturated carbocycles. The maximum atomic E-state index is 12.9. The number of ether oxygens (including phenoxy) is 2. The fourth-order valence-corrected chi connectivity index (χ4v) is 3.74. The van der Waals surface area contributed by atoms with E-state index in [4.69, 9.17) is 9.47 Å². The molecule has 0 unspecified atom stereocenters. The molecular weight excluding hydrogens is 294 g/mol. The van der Waals surface area contributed by atoms with E-state index in [0.29, 0.717) is 5.69 Å². The molecule has 0 aliphatic carbocycles. The number of aromatic nitrogens is 2. The standard InChI is InChI=1S/C17H27N3O3/c1-11-9-13-14(12(2)23-11)18-19-15(13)16(21)20-7-5-17(3,6-8-20)10-22-4/h11-12H,5-10H2,1-4H3,(H,18,19)/t11-,12+/m0/s1. The summed E-state index contributed by atoms with van der Waals surface area (Å²) in [4.78, 5) is 14.8. The van der Waals surface area contributed by atoms with Gasteiger partial charge in [0.25, 0.3) is 5.91 Å². The van der Waals surface area contributed by atoms with Crippen LogP contribution in [0.5, 0.6) is 0 Å². The van der Waals surface area contributed by atoms with Gasteiger partial charge in [-0.05, 0) is 32.1 Å². The van der Waals surface area contributed by atoms with Crippen molar-refractivity contribution in [3.05, 3.63) is 17.0 Å². The van der Waals surface area contributed by atoms with Crippen molar-refractivity contribution in [2.45, 2.75) is 52.2 Å². The Morgan fingerprint density at radius 3 is 2.78 bits per heavy atom. The summed E-state index contributed by atoms with van der Waals surface area (Å²) >= 11 is 0. The number of carbonyl (C=O) groups is 1. The SMILES string of the molecule is COCC1(C)CCN(C(=O)c2n[nH]c3c2C[C@H](C)O[C@@H]3C)CC1. The van der Waals surface area contributed by atoms with Gasteiger partial charge < -0.3 is 14.4 Å². The number of amides is 1. The van der Waals surface area contributed by atoms with Crippen molar-refractivity contribution in [2.24, 2.45) is 5.41 Å². The topological polar surface area (TPSA) is 67.5 Å². The molecule has 1 aromatic heterocycles. The molecule has 3 rings (SSSR count). The molecule has 2 aliphatic rings. The third-order valence-electron chi connectivity index (χ3n) is 5.19. The van der Waals surface area contributed by atoms with E-state index in [1.165, 1.54) is 0 Å². The highest BCUT2D eigenvalue weighted by Gasteiger charge is 2.35. The smallest absolute Gasteiger partial charge is 0.274 e. The van der Waals surface area contributed by atoms with E-state index in [1.54, 1.807) is 7.11 Å². The fourth-order valence-electron chi connectivity index (χ4n) is 3.74. The van der Waals surface area contributed by atoms with Crippen LogP contribution >= 0.6 is 0 Å². The number of piperidine rings is 1. The van der Waals surface area contributed by atoms with Crippen LogP contribution in [0.2, 0.25) is 0 Å². The van der Waals surface area contributed by atoms with Crippen LogP contribution in [0.25, 0.3) is 0 Å². The average Bonchev–Trinajstić information content (AvgIpc) is 2.91. The zero-order valence-corrected chi connectivity index (χ0v) is 14.5. The number of rotatable bonds is 3. The first kappa shape index (κ1) is 16.5. The molecule has 0 bridgehead atoms. The highest BCUT2D eigenvalue weighted by Crippen LogP contribution is 2.33. The molecular formula is C17H27N3O3. The number of aromatic amines is 1. The molecule has 23 heavy (non-hydrogen) atoms. The van der Waals surface area contributed by atoms with E-state index >= 15 is 0 Å². The largest absolute Gasteiger partial charge is 0.384 e. The van der Waals surface area contributed by atoms with Crippen molar-refractivity contribution >= 4 is 5.91 Å². The predicted octanol–water partition coefficient (Wildman–Crippen LogP) is 2.32. The van der Waals surface area contributed by atoms with Gasteiger partial charge in [-0.15, -0.1) is 0 Å². The molecule has 1 fully saturated rings. The van der Waals surface area contributed by atoms with Gasteiger partial charge in [0.05, 0.1) is 24.5 Å². The van der Waals surface area contributed by atoms with Gasteiger partial charge in [0.15, 0.2) is 5.69 Å². The van der Waals surface area contributed by atoms with Gasteiger partial charge in [0.2, 0.25) is 0 Å². The van der Waals surface area contributed by atoms with Crippen LogP contribution in [0.1, 0.15) is 61.5 Å². The number of nitrogens with one attached hydrogen (secondary N) is 1. The maximum absolute atomic E-state index is 12.9. The molecule has 1 saturated heterocycles. The molecule has 128 valence electrons. The Morgan fingerprint density at radius 2 is 2.13 bits per heavy atom. The minimum Gasteiger partial charge on any atom is -0.384 e. The van der Waals surface area contributed by atoms with Crippen LogP contribution < -0.4 is 0 Å². The van der Waals surface area contributed by atoms with E-state index in [9.17, 15) is 4.79 Å². The summed E-state index contributed by atoms with van der Waals surface area (Å²) in [7, 11) is 1.74. The zero-order valence-electron chi connectivity index (χ0n) is 14.5. The molecule has 1 N–H and O–H groups in total. The summed E-state index contributed by atoms with van der Waals surface area (Å²) in [6.07, 6.45) is 2.76. The molecule has 6 nitrogen and oxygen atoms in total. The first-order valence-electron chi connectivity index (χ1n) is 8.44. The number of carbonyl (C=O) groups excluding carboxylic acids is 1.